The molecule has 0 aliphatic heterocycles. The number of hydrogen-bond donors (Lipinski definition) is 1. The number of anilines is 1. The van der Waals surface area contributed by atoms with Crippen LogP contribution < -0.4 is 5.32 Å². The predicted octanol–water partition coefficient (Wildman–Crippen LogP) is 3.97. The van der Waals surface area contributed by atoms with E-state index in [-0.39, 0.29) is 0 Å². The van der Waals surface area contributed by atoms with Crippen molar-refractivity contribution >= 4 is 5.69 Å². The normalized spacial score (nSPS) is 10.6. The summed E-state index contributed by atoms with van der Waals surface area (Å²) in [7, 11) is 0. The SMILES string of the molecule is Cc1ccc(NCc2nc(-c3ccc(C)cc3)no2)cc1. The van der Waals surface area contributed by atoms with Crippen molar-refractivity contribution in [1.82, 2.24) is 10.1 Å². The van der Waals surface area contributed by atoms with E-state index in [1.807, 2.05) is 36.4 Å². The van der Waals surface area contributed by atoms with Crippen LogP contribution in [0.15, 0.2) is 53.1 Å². The molecule has 0 fully saturated rings. The van der Waals surface area contributed by atoms with Gasteiger partial charge in [0.1, 0.15) is 0 Å². The van der Waals surface area contributed by atoms with Crippen molar-refractivity contribution in [3.8, 4) is 11.4 Å². The highest BCUT2D eigenvalue weighted by atomic mass is 16.5. The highest BCUT2D eigenvalue weighted by molar-refractivity contribution is 5.54. The molecule has 4 nitrogen and oxygen atoms in total. The zero-order valence-electron chi connectivity index (χ0n) is 12.1. The van der Waals surface area contributed by atoms with Crippen molar-refractivity contribution in [3.63, 3.8) is 0 Å². The molecule has 21 heavy (non-hydrogen) atoms. The van der Waals surface area contributed by atoms with Crippen molar-refractivity contribution in [3.05, 3.63) is 65.5 Å². The third-order valence-electron chi connectivity index (χ3n) is 3.27. The van der Waals surface area contributed by atoms with Crippen LogP contribution in [0, 0.1) is 13.8 Å². The van der Waals surface area contributed by atoms with Crippen LogP contribution in [0.25, 0.3) is 11.4 Å². The van der Waals surface area contributed by atoms with Crippen molar-refractivity contribution in [1.29, 1.82) is 0 Å². The van der Waals surface area contributed by atoms with Crippen LogP contribution in [-0.4, -0.2) is 10.1 Å². The molecule has 1 aromatic heterocycles. The Morgan fingerprint density at radius 2 is 1.52 bits per heavy atom. The van der Waals surface area contributed by atoms with Crippen LogP contribution >= 0.6 is 0 Å². The van der Waals surface area contributed by atoms with E-state index in [9.17, 15) is 0 Å². The largest absolute Gasteiger partial charge is 0.376 e. The summed E-state index contributed by atoms with van der Waals surface area (Å²) in [6.45, 7) is 4.63. The minimum atomic E-state index is 0.516. The van der Waals surface area contributed by atoms with Crippen LogP contribution in [0.5, 0.6) is 0 Å². The fourth-order valence-electron chi connectivity index (χ4n) is 2.00. The number of nitrogens with one attached hydrogen (secondary N) is 1. The third-order valence-corrected chi connectivity index (χ3v) is 3.27. The van der Waals surface area contributed by atoms with Crippen LogP contribution in [-0.2, 0) is 6.54 Å². The van der Waals surface area contributed by atoms with E-state index >= 15 is 0 Å². The first kappa shape index (κ1) is 13.4. The van der Waals surface area contributed by atoms with E-state index in [1.165, 1.54) is 11.1 Å². The molecule has 1 N–H and O–H groups in total. The fraction of sp³-hybridized carbons (Fsp3) is 0.176. The van der Waals surface area contributed by atoms with E-state index in [1.54, 1.807) is 0 Å². The van der Waals surface area contributed by atoms with Crippen molar-refractivity contribution in [2.75, 3.05) is 5.32 Å². The number of aromatic nitrogens is 2. The molecule has 0 bridgehead atoms. The number of nitrogens with zero attached hydrogens (tertiary/aromatic N) is 2. The smallest absolute Gasteiger partial charge is 0.246 e. The second-order valence-electron chi connectivity index (χ2n) is 5.10. The second-order valence-corrected chi connectivity index (χ2v) is 5.10. The standard InChI is InChI=1S/C17H17N3O/c1-12-3-7-14(8-4-12)17-19-16(21-20-17)11-18-15-9-5-13(2)6-10-15/h3-10,18H,11H2,1-2H3. The Labute approximate surface area is 123 Å². The molecule has 0 aliphatic carbocycles. The van der Waals surface area contributed by atoms with Gasteiger partial charge in [-0.15, -0.1) is 0 Å². The average molecular weight is 279 g/mol. The minimum Gasteiger partial charge on any atom is -0.376 e. The van der Waals surface area contributed by atoms with Gasteiger partial charge >= 0.3 is 0 Å². The van der Waals surface area contributed by atoms with Gasteiger partial charge in [0, 0.05) is 11.3 Å². The molecule has 0 saturated carbocycles. The number of aryl methyl sites for hydroxylation is 2. The van der Waals surface area contributed by atoms with Crippen LogP contribution in [0.3, 0.4) is 0 Å². The maximum Gasteiger partial charge on any atom is 0.246 e. The Morgan fingerprint density at radius 1 is 0.905 bits per heavy atom. The van der Waals surface area contributed by atoms with E-state index < -0.39 is 0 Å². The molecule has 2 aromatic carbocycles. The van der Waals surface area contributed by atoms with Gasteiger partial charge < -0.3 is 9.84 Å². The van der Waals surface area contributed by atoms with E-state index in [4.69, 9.17) is 4.52 Å². The topological polar surface area (TPSA) is 51.0 Å². The molecule has 4 heteroatoms. The summed E-state index contributed by atoms with van der Waals surface area (Å²) in [6, 6.07) is 16.3. The van der Waals surface area contributed by atoms with E-state index in [0.29, 0.717) is 18.3 Å². The van der Waals surface area contributed by atoms with Gasteiger partial charge in [-0.3, -0.25) is 0 Å². The van der Waals surface area contributed by atoms with Crippen molar-refractivity contribution < 1.29 is 4.52 Å². The molecule has 3 aromatic rings. The van der Waals surface area contributed by atoms with Gasteiger partial charge in [-0.1, -0.05) is 52.7 Å². The average Bonchev–Trinajstić information content (AvgIpc) is 2.96. The molecule has 0 aliphatic rings. The maximum absolute atomic E-state index is 5.27. The Bertz CT molecular complexity index is 715. The van der Waals surface area contributed by atoms with Gasteiger partial charge in [-0.25, -0.2) is 0 Å². The lowest BCUT2D eigenvalue weighted by molar-refractivity contribution is 0.384. The second kappa shape index (κ2) is 5.79. The highest BCUT2D eigenvalue weighted by Gasteiger charge is 2.08. The van der Waals surface area contributed by atoms with Gasteiger partial charge in [0.15, 0.2) is 0 Å². The zero-order chi connectivity index (χ0) is 14.7. The lowest BCUT2D eigenvalue weighted by Gasteiger charge is -2.02. The zero-order valence-corrected chi connectivity index (χ0v) is 12.1. The molecule has 0 amide bonds. The first-order chi connectivity index (χ1) is 10.2. The number of rotatable bonds is 4. The predicted molar refractivity (Wildman–Crippen MR) is 83.0 cm³/mol. The molecular weight excluding hydrogens is 262 g/mol. The summed E-state index contributed by atoms with van der Waals surface area (Å²) >= 11 is 0. The molecule has 0 atom stereocenters. The van der Waals surface area contributed by atoms with Crippen molar-refractivity contribution in [2.24, 2.45) is 0 Å². The highest BCUT2D eigenvalue weighted by Crippen LogP contribution is 2.17. The van der Waals surface area contributed by atoms with Gasteiger partial charge in [0.05, 0.1) is 6.54 Å². The van der Waals surface area contributed by atoms with Crippen LogP contribution in [0.4, 0.5) is 5.69 Å². The molecule has 0 saturated heterocycles. The minimum absolute atomic E-state index is 0.516. The summed E-state index contributed by atoms with van der Waals surface area (Å²) in [5, 5.41) is 7.28. The number of benzene rings is 2. The molecule has 3 rings (SSSR count). The summed E-state index contributed by atoms with van der Waals surface area (Å²) in [6.07, 6.45) is 0. The Hall–Kier alpha value is -2.62. The molecule has 0 spiro atoms. The van der Waals surface area contributed by atoms with E-state index in [0.717, 1.165) is 11.3 Å². The fourth-order valence-corrected chi connectivity index (χ4v) is 2.00. The summed E-state index contributed by atoms with van der Waals surface area (Å²) < 4.78 is 5.27. The summed E-state index contributed by atoms with van der Waals surface area (Å²) in [5.74, 6) is 1.20. The maximum atomic E-state index is 5.27. The molecular formula is C17H17N3O. The summed E-state index contributed by atoms with van der Waals surface area (Å²) in [5.41, 5.74) is 4.45. The van der Waals surface area contributed by atoms with E-state index in [2.05, 4.69) is 41.4 Å². The lowest BCUT2D eigenvalue weighted by Crippen LogP contribution is -1.99. The molecule has 106 valence electrons. The Balaban J connectivity index is 1.67. The molecule has 0 unspecified atom stereocenters. The van der Waals surface area contributed by atoms with Gasteiger partial charge in [-0.2, -0.15) is 4.98 Å². The molecule has 1 heterocycles. The lowest BCUT2D eigenvalue weighted by atomic mass is 10.1. The van der Waals surface area contributed by atoms with Crippen LogP contribution in [0.2, 0.25) is 0 Å². The number of hydrogen-bond acceptors (Lipinski definition) is 4. The first-order valence-corrected chi connectivity index (χ1v) is 6.91. The Morgan fingerprint density at radius 3 is 2.19 bits per heavy atom. The quantitative estimate of drug-likeness (QED) is 0.785. The molecule has 0 radical (unpaired) electrons. The van der Waals surface area contributed by atoms with Gasteiger partial charge in [0.25, 0.3) is 0 Å². The summed E-state index contributed by atoms with van der Waals surface area (Å²) in [4.78, 5) is 4.40. The van der Waals surface area contributed by atoms with Gasteiger partial charge in [0.2, 0.25) is 11.7 Å². The van der Waals surface area contributed by atoms with Crippen LogP contribution in [0.1, 0.15) is 17.0 Å². The monoisotopic (exact) mass is 279 g/mol. The van der Waals surface area contributed by atoms with Gasteiger partial charge in [-0.05, 0) is 26.0 Å². The first-order valence-electron chi connectivity index (χ1n) is 6.91. The third kappa shape index (κ3) is 3.28. The van der Waals surface area contributed by atoms with Crippen molar-refractivity contribution in [2.45, 2.75) is 20.4 Å². The Kier molecular flexibility index (Phi) is 3.69.